The van der Waals surface area contributed by atoms with Crippen molar-refractivity contribution >= 4 is 39.2 Å². The number of rotatable bonds is 6. The molecule has 3 rings (SSSR count). The molecule has 7 nitrogen and oxygen atoms in total. The van der Waals surface area contributed by atoms with Gasteiger partial charge in [0.2, 0.25) is 15.9 Å². The number of halogens is 1. The zero-order chi connectivity index (χ0) is 21.2. The van der Waals surface area contributed by atoms with E-state index >= 15 is 0 Å². The quantitative estimate of drug-likeness (QED) is 0.701. The summed E-state index contributed by atoms with van der Waals surface area (Å²) in [5.41, 5.74) is 2.09. The highest BCUT2D eigenvalue weighted by Crippen LogP contribution is 2.35. The molecule has 0 fully saturated rings. The Hall–Kier alpha value is -2.42. The lowest BCUT2D eigenvalue weighted by molar-refractivity contribution is -0.142. The largest absolute Gasteiger partial charge is 0.468 e. The number of amides is 1. The second kappa shape index (κ2) is 8.52. The molecule has 1 heterocycles. The first kappa shape index (κ1) is 21.3. The van der Waals surface area contributed by atoms with Gasteiger partial charge in [-0.3, -0.25) is 9.59 Å². The molecule has 0 spiro atoms. The number of ether oxygens (including phenoxy) is 1. The van der Waals surface area contributed by atoms with Crippen molar-refractivity contribution in [2.24, 2.45) is 0 Å². The third-order valence-corrected chi connectivity index (χ3v) is 6.70. The van der Waals surface area contributed by atoms with Crippen molar-refractivity contribution in [3.8, 4) is 0 Å². The Balaban J connectivity index is 1.94. The summed E-state index contributed by atoms with van der Waals surface area (Å²) in [5, 5.41) is 0.0324. The summed E-state index contributed by atoms with van der Waals surface area (Å²) >= 11 is 6.24. The van der Waals surface area contributed by atoms with Gasteiger partial charge in [0.25, 0.3) is 0 Å². The summed E-state index contributed by atoms with van der Waals surface area (Å²) < 4.78 is 33.2. The van der Waals surface area contributed by atoms with Crippen LogP contribution in [0.1, 0.15) is 18.1 Å². The molecule has 2 aromatic rings. The standard InChI is InChI=1S/C20H21ClN2O5S/c1-13(24)23-9-8-15-11-16(21)19(12-18(15)23)29(26,27)22-17(20(25)28-2)10-14-6-4-3-5-7-14/h3-7,11-12,17,22H,8-10H2,1-2H3/t17-/m0/s1. The van der Waals surface area contributed by atoms with E-state index in [1.807, 2.05) is 6.07 Å². The average molecular weight is 437 g/mol. The van der Waals surface area contributed by atoms with Crippen molar-refractivity contribution in [3.05, 3.63) is 58.6 Å². The van der Waals surface area contributed by atoms with Crippen LogP contribution in [-0.2, 0) is 37.2 Å². The molecule has 1 aliphatic rings. The zero-order valence-electron chi connectivity index (χ0n) is 16.0. The smallest absolute Gasteiger partial charge is 0.324 e. The van der Waals surface area contributed by atoms with Crippen LogP contribution in [0.25, 0.3) is 0 Å². The van der Waals surface area contributed by atoms with Gasteiger partial charge in [0.05, 0.1) is 12.1 Å². The third-order valence-electron chi connectivity index (χ3n) is 4.76. The van der Waals surface area contributed by atoms with Crippen LogP contribution in [0.2, 0.25) is 5.02 Å². The zero-order valence-corrected chi connectivity index (χ0v) is 17.6. The van der Waals surface area contributed by atoms with Gasteiger partial charge in [0.1, 0.15) is 10.9 Å². The third kappa shape index (κ3) is 4.60. The lowest BCUT2D eigenvalue weighted by atomic mass is 10.1. The Bertz CT molecular complexity index is 1040. The van der Waals surface area contributed by atoms with Crippen LogP contribution >= 0.6 is 11.6 Å². The number of esters is 1. The molecule has 1 aliphatic heterocycles. The molecule has 0 bridgehead atoms. The van der Waals surface area contributed by atoms with Crippen LogP contribution in [0.15, 0.2) is 47.4 Å². The minimum atomic E-state index is -4.16. The minimum absolute atomic E-state index is 0.0324. The van der Waals surface area contributed by atoms with E-state index in [2.05, 4.69) is 4.72 Å². The molecule has 9 heteroatoms. The van der Waals surface area contributed by atoms with Gasteiger partial charge in [0.15, 0.2) is 0 Å². The molecular formula is C20H21ClN2O5S. The molecular weight excluding hydrogens is 416 g/mol. The van der Waals surface area contributed by atoms with Gasteiger partial charge in [-0.05, 0) is 36.1 Å². The highest BCUT2D eigenvalue weighted by atomic mass is 35.5. The monoisotopic (exact) mass is 436 g/mol. The average Bonchev–Trinajstić information content (AvgIpc) is 3.09. The topological polar surface area (TPSA) is 92.8 Å². The number of sulfonamides is 1. The number of carbonyl (C=O) groups excluding carboxylic acids is 2. The predicted octanol–water partition coefficient (Wildman–Crippen LogP) is 2.31. The number of methoxy groups -OCH3 is 1. The van der Waals surface area contributed by atoms with E-state index in [0.29, 0.717) is 18.7 Å². The number of anilines is 1. The minimum Gasteiger partial charge on any atom is -0.468 e. The molecule has 0 aromatic heterocycles. The van der Waals surface area contributed by atoms with Crippen LogP contribution in [0.3, 0.4) is 0 Å². The summed E-state index contributed by atoms with van der Waals surface area (Å²) in [7, 11) is -2.96. The van der Waals surface area contributed by atoms with E-state index in [1.165, 1.54) is 25.0 Å². The van der Waals surface area contributed by atoms with Gasteiger partial charge in [-0.25, -0.2) is 8.42 Å². The highest BCUT2D eigenvalue weighted by Gasteiger charge is 2.31. The van der Waals surface area contributed by atoms with Gasteiger partial charge < -0.3 is 9.64 Å². The number of benzene rings is 2. The fourth-order valence-electron chi connectivity index (χ4n) is 3.34. The van der Waals surface area contributed by atoms with Crippen molar-refractivity contribution in [1.82, 2.24) is 4.72 Å². The molecule has 1 amide bonds. The molecule has 29 heavy (non-hydrogen) atoms. The van der Waals surface area contributed by atoms with Gasteiger partial charge >= 0.3 is 5.97 Å². The summed E-state index contributed by atoms with van der Waals surface area (Å²) in [6.45, 7) is 1.89. The fraction of sp³-hybridized carbons (Fsp3) is 0.300. The van der Waals surface area contributed by atoms with Gasteiger partial charge in [-0.15, -0.1) is 0 Å². The fourth-order valence-corrected chi connectivity index (χ4v) is 5.09. The first-order valence-corrected chi connectivity index (χ1v) is 10.8. The molecule has 0 unspecified atom stereocenters. The second-order valence-electron chi connectivity index (χ2n) is 6.72. The van der Waals surface area contributed by atoms with Crippen LogP contribution < -0.4 is 9.62 Å². The van der Waals surface area contributed by atoms with Gasteiger partial charge in [-0.1, -0.05) is 41.9 Å². The van der Waals surface area contributed by atoms with Crippen molar-refractivity contribution in [2.75, 3.05) is 18.6 Å². The van der Waals surface area contributed by atoms with E-state index in [1.54, 1.807) is 30.3 Å². The van der Waals surface area contributed by atoms with E-state index in [9.17, 15) is 18.0 Å². The van der Waals surface area contributed by atoms with Crippen molar-refractivity contribution in [2.45, 2.75) is 30.7 Å². The van der Waals surface area contributed by atoms with Crippen molar-refractivity contribution in [3.63, 3.8) is 0 Å². The number of hydrogen-bond donors (Lipinski definition) is 1. The first-order chi connectivity index (χ1) is 13.7. The molecule has 0 radical (unpaired) electrons. The Labute approximate surface area is 174 Å². The van der Waals surface area contributed by atoms with Crippen molar-refractivity contribution < 1.29 is 22.7 Å². The van der Waals surface area contributed by atoms with Crippen molar-refractivity contribution in [1.29, 1.82) is 0 Å². The molecule has 0 saturated heterocycles. The summed E-state index contributed by atoms with van der Waals surface area (Å²) in [6, 6.07) is 10.8. The number of nitrogens with one attached hydrogen (secondary N) is 1. The number of fused-ring (bicyclic) bond motifs is 1. The summed E-state index contributed by atoms with van der Waals surface area (Å²) in [5.74, 6) is -0.890. The molecule has 0 aliphatic carbocycles. The number of hydrogen-bond acceptors (Lipinski definition) is 5. The SMILES string of the molecule is COC(=O)[C@H](Cc1ccccc1)NS(=O)(=O)c1cc2c(cc1Cl)CCN2C(C)=O. The normalized spacial score (nSPS) is 14.4. The Morgan fingerprint density at radius 1 is 1.24 bits per heavy atom. The Kier molecular flexibility index (Phi) is 6.26. The Morgan fingerprint density at radius 2 is 1.93 bits per heavy atom. The van der Waals surface area contributed by atoms with Gasteiger partial charge in [-0.2, -0.15) is 4.72 Å². The molecule has 1 N–H and O–H groups in total. The molecule has 2 aromatic carbocycles. The van der Waals surface area contributed by atoms with Crippen LogP contribution in [0.4, 0.5) is 5.69 Å². The summed E-state index contributed by atoms with van der Waals surface area (Å²) in [4.78, 5) is 25.4. The number of nitrogens with zero attached hydrogens (tertiary/aromatic N) is 1. The highest BCUT2D eigenvalue weighted by molar-refractivity contribution is 7.89. The van der Waals surface area contributed by atoms with E-state index < -0.39 is 22.0 Å². The maximum Gasteiger partial charge on any atom is 0.324 e. The maximum atomic E-state index is 13.0. The van der Waals surface area contributed by atoms with Crippen LogP contribution in [-0.4, -0.2) is 40.0 Å². The van der Waals surface area contributed by atoms with Gasteiger partial charge in [0, 0.05) is 19.2 Å². The number of carbonyl (C=O) groups is 2. The lowest BCUT2D eigenvalue weighted by Gasteiger charge is -2.19. The second-order valence-corrected chi connectivity index (χ2v) is 8.81. The van der Waals surface area contributed by atoms with E-state index in [4.69, 9.17) is 16.3 Å². The molecule has 1 atom stereocenters. The van der Waals surface area contributed by atoms with E-state index in [0.717, 1.165) is 11.1 Å². The van der Waals surface area contributed by atoms with Crippen LogP contribution in [0.5, 0.6) is 0 Å². The predicted molar refractivity (Wildman–Crippen MR) is 109 cm³/mol. The Morgan fingerprint density at radius 3 is 2.55 bits per heavy atom. The molecule has 0 saturated carbocycles. The van der Waals surface area contributed by atoms with E-state index in [-0.39, 0.29) is 22.2 Å². The van der Waals surface area contributed by atoms with Crippen LogP contribution in [0, 0.1) is 0 Å². The molecule has 154 valence electrons. The first-order valence-electron chi connectivity index (χ1n) is 8.97. The lowest BCUT2D eigenvalue weighted by Crippen LogP contribution is -2.43. The summed E-state index contributed by atoms with van der Waals surface area (Å²) in [6.07, 6.45) is 0.718. The maximum absolute atomic E-state index is 13.0.